The minimum atomic E-state index is -0.405. The molecule has 0 spiro atoms. The predicted octanol–water partition coefficient (Wildman–Crippen LogP) is 1.83. The molecule has 1 aromatic carbocycles. The van der Waals surface area contributed by atoms with Crippen LogP contribution in [0, 0.1) is 31.0 Å². The fraction of sp³-hybridized carbons (Fsp3) is 0.400. The number of aryl methyl sites for hydroxylation is 1. The summed E-state index contributed by atoms with van der Waals surface area (Å²) >= 11 is 0. The first-order valence-corrected chi connectivity index (χ1v) is 9.16. The Balaban J connectivity index is 1.69. The highest BCUT2D eigenvalue weighted by Crippen LogP contribution is 2.24. The Morgan fingerprint density at radius 3 is 2.86 bits per heavy atom. The van der Waals surface area contributed by atoms with Crippen LogP contribution in [0.5, 0.6) is 0 Å². The molecule has 1 aromatic heterocycles. The average Bonchev–Trinajstić information content (AvgIpc) is 3.16. The van der Waals surface area contributed by atoms with Gasteiger partial charge in [-0.15, -0.1) is 0 Å². The van der Waals surface area contributed by atoms with Crippen LogP contribution in [0.15, 0.2) is 18.2 Å². The van der Waals surface area contributed by atoms with Gasteiger partial charge in [0.05, 0.1) is 11.6 Å². The molecule has 2 heterocycles. The highest BCUT2D eigenvalue weighted by molar-refractivity contribution is 5.90. The first kappa shape index (κ1) is 19.7. The van der Waals surface area contributed by atoms with Gasteiger partial charge in [0, 0.05) is 44.0 Å². The first-order valence-electron chi connectivity index (χ1n) is 9.16. The number of carbonyl (C=O) groups excluding carboxylic acids is 1. The minimum absolute atomic E-state index is 0.167. The topological polar surface area (TPSA) is 93.9 Å². The Kier molecular flexibility index (Phi) is 5.85. The van der Waals surface area contributed by atoms with Gasteiger partial charge in [-0.05, 0) is 44.0 Å². The van der Waals surface area contributed by atoms with Gasteiger partial charge in [-0.1, -0.05) is 0 Å². The summed E-state index contributed by atoms with van der Waals surface area (Å²) in [6.45, 7) is 5.83. The van der Waals surface area contributed by atoms with Crippen LogP contribution >= 0.6 is 0 Å². The predicted molar refractivity (Wildman–Crippen MR) is 103 cm³/mol. The maximum Gasteiger partial charge on any atom is 0.288 e. The molecule has 2 aromatic rings. The molecule has 146 valence electrons. The second-order valence-corrected chi connectivity index (χ2v) is 6.93. The summed E-state index contributed by atoms with van der Waals surface area (Å²) < 4.78 is 13.6. The SMILES string of the molecule is CNC(=O)c1nc(C)c(C)c(N2CC[C@@H](NCc3cc(F)cc(C#N)c3)C2)n1. The number of hydrogen-bond acceptors (Lipinski definition) is 6. The van der Waals surface area contributed by atoms with E-state index < -0.39 is 5.82 Å². The van der Waals surface area contributed by atoms with Crippen LogP contribution in [0.25, 0.3) is 0 Å². The molecule has 28 heavy (non-hydrogen) atoms. The van der Waals surface area contributed by atoms with Crippen molar-refractivity contribution in [1.29, 1.82) is 5.26 Å². The van der Waals surface area contributed by atoms with E-state index in [-0.39, 0.29) is 17.8 Å². The van der Waals surface area contributed by atoms with Crippen molar-refractivity contribution in [2.45, 2.75) is 32.9 Å². The van der Waals surface area contributed by atoms with Gasteiger partial charge < -0.3 is 15.5 Å². The van der Waals surface area contributed by atoms with Gasteiger partial charge in [-0.2, -0.15) is 5.26 Å². The summed E-state index contributed by atoms with van der Waals surface area (Å²) in [6.07, 6.45) is 0.901. The van der Waals surface area contributed by atoms with Crippen molar-refractivity contribution in [1.82, 2.24) is 20.6 Å². The molecule has 7 nitrogen and oxygen atoms in total. The number of carbonyl (C=O) groups is 1. The molecule has 0 saturated carbocycles. The Hall–Kier alpha value is -3.05. The number of benzene rings is 1. The highest BCUT2D eigenvalue weighted by atomic mass is 19.1. The molecule has 1 aliphatic rings. The van der Waals surface area contributed by atoms with Crippen molar-refractivity contribution >= 4 is 11.7 Å². The van der Waals surface area contributed by atoms with E-state index in [0.717, 1.165) is 42.1 Å². The fourth-order valence-electron chi connectivity index (χ4n) is 3.33. The lowest BCUT2D eigenvalue weighted by atomic mass is 10.1. The molecule has 1 fully saturated rings. The van der Waals surface area contributed by atoms with Crippen LogP contribution in [0.2, 0.25) is 0 Å². The van der Waals surface area contributed by atoms with Gasteiger partial charge in [0.2, 0.25) is 5.82 Å². The molecule has 2 N–H and O–H groups in total. The standard InChI is InChI=1S/C20H23FN6O/c1-12-13(2)25-18(20(28)23-3)26-19(12)27-5-4-17(11-27)24-10-15-6-14(9-22)7-16(21)8-15/h6-8,17,24H,4-5,10-11H2,1-3H3,(H,23,28)/t17-/m1/s1. The molecule has 1 atom stereocenters. The fourth-order valence-corrected chi connectivity index (χ4v) is 3.33. The maximum absolute atomic E-state index is 13.6. The number of nitrogens with one attached hydrogen (secondary N) is 2. The third kappa shape index (κ3) is 4.26. The lowest BCUT2D eigenvalue weighted by Crippen LogP contribution is -2.33. The van der Waals surface area contributed by atoms with Gasteiger partial charge in [0.1, 0.15) is 11.6 Å². The van der Waals surface area contributed by atoms with Crippen molar-refractivity contribution in [2.24, 2.45) is 0 Å². The average molecular weight is 382 g/mol. The summed E-state index contributed by atoms with van der Waals surface area (Å²) in [7, 11) is 1.56. The number of halogens is 1. The van der Waals surface area contributed by atoms with E-state index in [4.69, 9.17) is 5.26 Å². The second kappa shape index (κ2) is 8.31. The molecular weight excluding hydrogens is 359 g/mol. The van der Waals surface area contributed by atoms with Crippen LogP contribution in [0.4, 0.5) is 10.2 Å². The van der Waals surface area contributed by atoms with Crippen LogP contribution in [-0.2, 0) is 6.54 Å². The molecule has 3 rings (SSSR count). The van der Waals surface area contributed by atoms with E-state index in [1.165, 1.54) is 12.1 Å². The summed E-state index contributed by atoms with van der Waals surface area (Å²) in [4.78, 5) is 22.8. The number of amides is 1. The number of rotatable bonds is 5. The van der Waals surface area contributed by atoms with Crippen LogP contribution in [-0.4, -0.2) is 42.1 Å². The Morgan fingerprint density at radius 2 is 2.14 bits per heavy atom. The number of nitriles is 1. The third-order valence-electron chi connectivity index (χ3n) is 4.96. The molecule has 1 amide bonds. The van der Waals surface area contributed by atoms with Gasteiger partial charge in [-0.3, -0.25) is 4.79 Å². The monoisotopic (exact) mass is 382 g/mol. The van der Waals surface area contributed by atoms with Gasteiger partial charge in [0.25, 0.3) is 5.91 Å². The zero-order valence-electron chi connectivity index (χ0n) is 16.2. The zero-order valence-corrected chi connectivity index (χ0v) is 16.2. The largest absolute Gasteiger partial charge is 0.355 e. The molecule has 0 bridgehead atoms. The van der Waals surface area contributed by atoms with Crippen LogP contribution in [0.3, 0.4) is 0 Å². The van der Waals surface area contributed by atoms with Gasteiger partial charge in [0.15, 0.2) is 0 Å². The van der Waals surface area contributed by atoms with E-state index in [1.807, 2.05) is 19.9 Å². The summed E-state index contributed by atoms with van der Waals surface area (Å²) in [6, 6.07) is 6.53. The normalized spacial score (nSPS) is 16.1. The summed E-state index contributed by atoms with van der Waals surface area (Å²) in [5, 5.41) is 14.9. The molecule has 8 heteroatoms. The number of aromatic nitrogens is 2. The molecule has 0 radical (unpaired) electrons. The van der Waals surface area contributed by atoms with Crippen LogP contribution in [0.1, 0.15) is 39.4 Å². The van der Waals surface area contributed by atoms with Crippen molar-refractivity contribution in [3.63, 3.8) is 0 Å². The lowest BCUT2D eigenvalue weighted by Gasteiger charge is -2.21. The van der Waals surface area contributed by atoms with Crippen LogP contribution < -0.4 is 15.5 Å². The van der Waals surface area contributed by atoms with E-state index in [2.05, 4.69) is 25.5 Å². The number of hydrogen-bond donors (Lipinski definition) is 2. The molecular formula is C20H23FN6O. The summed E-state index contributed by atoms with van der Waals surface area (Å²) in [5.74, 6) is 0.226. The third-order valence-corrected chi connectivity index (χ3v) is 4.96. The highest BCUT2D eigenvalue weighted by Gasteiger charge is 2.26. The minimum Gasteiger partial charge on any atom is -0.355 e. The number of anilines is 1. The Labute approximate surface area is 163 Å². The van der Waals surface area contributed by atoms with E-state index in [1.54, 1.807) is 13.1 Å². The Bertz CT molecular complexity index is 939. The lowest BCUT2D eigenvalue weighted by molar-refractivity contribution is 0.0952. The zero-order chi connectivity index (χ0) is 20.3. The molecule has 0 aliphatic carbocycles. The first-order chi connectivity index (χ1) is 13.4. The van der Waals surface area contributed by atoms with Gasteiger partial charge >= 0.3 is 0 Å². The Morgan fingerprint density at radius 1 is 1.36 bits per heavy atom. The molecule has 0 unspecified atom stereocenters. The van der Waals surface area contributed by atoms with E-state index in [0.29, 0.717) is 12.1 Å². The second-order valence-electron chi connectivity index (χ2n) is 6.93. The van der Waals surface area contributed by atoms with E-state index >= 15 is 0 Å². The molecule has 1 saturated heterocycles. The molecule has 1 aliphatic heterocycles. The van der Waals surface area contributed by atoms with Crippen molar-refractivity contribution < 1.29 is 9.18 Å². The summed E-state index contributed by atoms with van der Waals surface area (Å²) in [5.41, 5.74) is 2.80. The van der Waals surface area contributed by atoms with Crippen molar-refractivity contribution in [3.05, 3.63) is 52.2 Å². The quantitative estimate of drug-likeness (QED) is 0.819. The van der Waals surface area contributed by atoms with Crippen molar-refractivity contribution in [2.75, 3.05) is 25.0 Å². The van der Waals surface area contributed by atoms with Crippen molar-refractivity contribution in [3.8, 4) is 6.07 Å². The van der Waals surface area contributed by atoms with E-state index in [9.17, 15) is 9.18 Å². The maximum atomic E-state index is 13.6. The smallest absolute Gasteiger partial charge is 0.288 e. The number of nitrogens with zero attached hydrogens (tertiary/aromatic N) is 4. The van der Waals surface area contributed by atoms with Gasteiger partial charge in [-0.25, -0.2) is 14.4 Å².